The Kier molecular flexibility index (Phi) is 6.13. The van der Waals surface area contributed by atoms with E-state index in [0.717, 1.165) is 23.2 Å². The fourth-order valence-electron chi connectivity index (χ4n) is 3.96. The molecule has 1 aliphatic rings. The van der Waals surface area contributed by atoms with Gasteiger partial charge in [-0.15, -0.1) is 0 Å². The first kappa shape index (κ1) is 20.8. The van der Waals surface area contributed by atoms with E-state index in [1.54, 1.807) is 12.5 Å². The van der Waals surface area contributed by atoms with Crippen LogP contribution in [0.15, 0.2) is 73.2 Å². The maximum Gasteiger partial charge on any atom is 0.246 e. The predicted molar refractivity (Wildman–Crippen MR) is 118 cm³/mol. The second-order valence-corrected chi connectivity index (χ2v) is 8.01. The van der Waals surface area contributed by atoms with E-state index in [-0.39, 0.29) is 17.7 Å². The zero-order valence-corrected chi connectivity index (χ0v) is 17.3. The van der Waals surface area contributed by atoms with Crippen molar-refractivity contribution in [1.82, 2.24) is 20.6 Å². The molecule has 1 saturated carbocycles. The molecule has 1 aliphatic carbocycles. The van der Waals surface area contributed by atoms with Gasteiger partial charge in [0.1, 0.15) is 5.54 Å². The first-order valence-corrected chi connectivity index (χ1v) is 10.5. The highest BCUT2D eigenvalue weighted by Crippen LogP contribution is 2.51. The second-order valence-electron chi connectivity index (χ2n) is 8.01. The van der Waals surface area contributed by atoms with Crippen LogP contribution in [0.25, 0.3) is 0 Å². The van der Waals surface area contributed by atoms with Crippen molar-refractivity contribution in [2.45, 2.75) is 36.8 Å². The van der Waals surface area contributed by atoms with Gasteiger partial charge < -0.3 is 21.4 Å². The van der Waals surface area contributed by atoms with E-state index in [2.05, 4.69) is 20.6 Å². The van der Waals surface area contributed by atoms with Gasteiger partial charge in [0.25, 0.3) is 0 Å². The molecule has 0 spiro atoms. The highest BCUT2D eigenvalue weighted by molar-refractivity contribution is 5.97. The quantitative estimate of drug-likeness (QED) is 0.424. The number of hydrogen-bond acceptors (Lipinski definition) is 4. The smallest absolute Gasteiger partial charge is 0.246 e. The number of benzene rings is 2. The van der Waals surface area contributed by atoms with Crippen molar-refractivity contribution >= 4 is 11.8 Å². The van der Waals surface area contributed by atoms with Gasteiger partial charge in [0.15, 0.2) is 0 Å². The number of rotatable bonds is 9. The summed E-state index contributed by atoms with van der Waals surface area (Å²) in [6.45, 7) is 0.502. The molecule has 1 fully saturated rings. The molecule has 1 heterocycles. The van der Waals surface area contributed by atoms with Crippen molar-refractivity contribution in [3.63, 3.8) is 0 Å². The third kappa shape index (κ3) is 4.83. The van der Waals surface area contributed by atoms with Crippen LogP contribution in [0.1, 0.15) is 29.2 Å². The first-order valence-electron chi connectivity index (χ1n) is 10.5. The number of aromatic nitrogens is 2. The van der Waals surface area contributed by atoms with Crippen LogP contribution in [0, 0.1) is 0 Å². The van der Waals surface area contributed by atoms with Gasteiger partial charge in [0.05, 0.1) is 12.4 Å². The third-order valence-electron chi connectivity index (χ3n) is 5.79. The summed E-state index contributed by atoms with van der Waals surface area (Å²) in [6, 6.07) is 19.0. The lowest BCUT2D eigenvalue weighted by Gasteiger charge is -2.22. The van der Waals surface area contributed by atoms with Crippen LogP contribution in [-0.4, -0.2) is 39.9 Å². The molecule has 2 amide bonds. The lowest BCUT2D eigenvalue weighted by Crippen LogP contribution is -2.55. The van der Waals surface area contributed by atoms with Crippen LogP contribution < -0.4 is 16.4 Å². The highest BCUT2D eigenvalue weighted by Gasteiger charge is 2.61. The Labute approximate surface area is 181 Å². The third-order valence-corrected chi connectivity index (χ3v) is 5.79. The number of amides is 2. The fourth-order valence-corrected chi connectivity index (χ4v) is 3.96. The molecule has 7 nitrogen and oxygen atoms in total. The van der Waals surface area contributed by atoms with Crippen molar-refractivity contribution in [2.75, 3.05) is 6.54 Å². The minimum absolute atomic E-state index is 0.0753. The summed E-state index contributed by atoms with van der Waals surface area (Å²) in [5.41, 5.74) is 8.10. The van der Waals surface area contributed by atoms with Crippen LogP contribution in [0.4, 0.5) is 0 Å². The number of nitrogens with one attached hydrogen (secondary N) is 3. The number of aromatic amines is 1. The molecule has 2 unspecified atom stereocenters. The summed E-state index contributed by atoms with van der Waals surface area (Å²) in [5, 5.41) is 5.98. The summed E-state index contributed by atoms with van der Waals surface area (Å²) in [6.07, 6.45) is 4.80. The zero-order chi connectivity index (χ0) is 21.7. The van der Waals surface area contributed by atoms with Crippen LogP contribution in [0.5, 0.6) is 0 Å². The van der Waals surface area contributed by atoms with Gasteiger partial charge in [0.2, 0.25) is 11.8 Å². The summed E-state index contributed by atoms with van der Waals surface area (Å²) < 4.78 is 0. The topological polar surface area (TPSA) is 113 Å². The minimum atomic E-state index is -0.971. The molecule has 0 radical (unpaired) electrons. The normalized spacial score (nSPS) is 20.6. The van der Waals surface area contributed by atoms with Crippen molar-refractivity contribution in [3.05, 3.63) is 90.0 Å². The summed E-state index contributed by atoms with van der Waals surface area (Å²) >= 11 is 0. The van der Waals surface area contributed by atoms with E-state index in [1.165, 1.54) is 0 Å². The maximum absolute atomic E-state index is 13.2. The minimum Gasteiger partial charge on any atom is -0.354 e. The zero-order valence-electron chi connectivity index (χ0n) is 17.3. The SMILES string of the molecule is N[C@@H](Cc1cnc[nH]1)C(=O)NC1(C(=O)NCCc2ccccc2)CC1c1ccccc1. The van der Waals surface area contributed by atoms with Gasteiger partial charge in [-0.3, -0.25) is 9.59 Å². The Balaban J connectivity index is 1.43. The summed E-state index contributed by atoms with van der Waals surface area (Å²) in [5.74, 6) is -0.584. The Bertz CT molecular complexity index is 1010. The molecule has 1 aromatic heterocycles. The Morgan fingerprint density at radius 2 is 1.84 bits per heavy atom. The molecular formula is C24H27N5O2. The number of carbonyl (C=O) groups is 2. The molecule has 160 valence electrons. The Morgan fingerprint density at radius 1 is 1.13 bits per heavy atom. The Morgan fingerprint density at radius 3 is 2.52 bits per heavy atom. The summed E-state index contributed by atoms with van der Waals surface area (Å²) in [7, 11) is 0. The molecule has 0 saturated heterocycles. The molecular weight excluding hydrogens is 390 g/mol. The molecule has 0 bridgehead atoms. The van der Waals surface area contributed by atoms with Gasteiger partial charge in [-0.2, -0.15) is 0 Å². The number of H-pyrrole nitrogens is 1. The van der Waals surface area contributed by atoms with E-state index in [0.29, 0.717) is 19.4 Å². The molecule has 3 aromatic rings. The van der Waals surface area contributed by atoms with Gasteiger partial charge in [-0.25, -0.2) is 4.98 Å². The predicted octanol–water partition coefficient (Wildman–Crippen LogP) is 1.68. The van der Waals surface area contributed by atoms with Crippen LogP contribution in [0.2, 0.25) is 0 Å². The molecule has 3 atom stereocenters. The number of carbonyl (C=O) groups excluding carboxylic acids is 2. The maximum atomic E-state index is 13.2. The molecule has 2 aromatic carbocycles. The number of nitrogens with zero attached hydrogens (tertiary/aromatic N) is 1. The van der Waals surface area contributed by atoms with Gasteiger partial charge in [-0.05, 0) is 24.0 Å². The number of imidazole rings is 1. The number of nitrogens with two attached hydrogens (primary N) is 1. The van der Waals surface area contributed by atoms with Gasteiger partial charge in [-0.1, -0.05) is 60.7 Å². The highest BCUT2D eigenvalue weighted by atomic mass is 16.2. The largest absolute Gasteiger partial charge is 0.354 e. The van der Waals surface area contributed by atoms with E-state index < -0.39 is 11.6 Å². The van der Waals surface area contributed by atoms with Crippen molar-refractivity contribution in [3.8, 4) is 0 Å². The summed E-state index contributed by atoms with van der Waals surface area (Å²) in [4.78, 5) is 32.9. The first-order chi connectivity index (χ1) is 15.1. The van der Waals surface area contributed by atoms with Crippen molar-refractivity contribution < 1.29 is 9.59 Å². The molecule has 4 rings (SSSR count). The second kappa shape index (κ2) is 9.14. The Hall–Kier alpha value is -3.45. The van der Waals surface area contributed by atoms with E-state index >= 15 is 0 Å². The molecule has 0 aliphatic heterocycles. The van der Waals surface area contributed by atoms with E-state index in [4.69, 9.17) is 5.73 Å². The van der Waals surface area contributed by atoms with Gasteiger partial charge in [0, 0.05) is 30.8 Å². The van der Waals surface area contributed by atoms with Crippen LogP contribution in [-0.2, 0) is 22.4 Å². The molecule has 31 heavy (non-hydrogen) atoms. The lowest BCUT2D eigenvalue weighted by molar-refractivity contribution is -0.130. The average molecular weight is 418 g/mol. The van der Waals surface area contributed by atoms with Crippen LogP contribution in [0.3, 0.4) is 0 Å². The van der Waals surface area contributed by atoms with Crippen molar-refractivity contribution in [2.24, 2.45) is 5.73 Å². The van der Waals surface area contributed by atoms with Gasteiger partial charge >= 0.3 is 0 Å². The molecule has 5 N–H and O–H groups in total. The monoisotopic (exact) mass is 417 g/mol. The van der Waals surface area contributed by atoms with Crippen LogP contribution >= 0.6 is 0 Å². The van der Waals surface area contributed by atoms with E-state index in [9.17, 15) is 9.59 Å². The molecule has 7 heteroatoms. The van der Waals surface area contributed by atoms with Crippen molar-refractivity contribution in [1.29, 1.82) is 0 Å². The number of hydrogen-bond donors (Lipinski definition) is 4. The average Bonchev–Trinajstić information content (AvgIpc) is 3.29. The lowest BCUT2D eigenvalue weighted by atomic mass is 10.0. The van der Waals surface area contributed by atoms with E-state index in [1.807, 2.05) is 60.7 Å². The fraction of sp³-hybridized carbons (Fsp3) is 0.292. The standard InChI is InChI=1S/C24H27N5O2/c25-21(13-19-15-26-16-28-19)22(30)29-24(14-20(24)18-9-5-2-6-10-18)23(31)27-12-11-17-7-3-1-4-8-17/h1-10,15-16,20-21H,11-14,25H2,(H,26,28)(H,27,31)(H,29,30)/t20?,21-,24?/m0/s1.